The summed E-state index contributed by atoms with van der Waals surface area (Å²) < 4.78 is 0. The van der Waals surface area contributed by atoms with Crippen molar-refractivity contribution in [2.75, 3.05) is 11.1 Å². The summed E-state index contributed by atoms with van der Waals surface area (Å²) in [4.78, 5) is 13.3. The summed E-state index contributed by atoms with van der Waals surface area (Å²) in [7, 11) is 0. The molecule has 4 nitrogen and oxygen atoms in total. The maximum atomic E-state index is 11.9. The van der Waals surface area contributed by atoms with Gasteiger partial charge in [0.05, 0.1) is 4.88 Å². The predicted octanol–water partition coefficient (Wildman–Crippen LogP) is 2.60. The van der Waals surface area contributed by atoms with Gasteiger partial charge in [-0.3, -0.25) is 4.79 Å². The number of carbonyl (C=O) groups excluding carboxylic acids is 1. The molecule has 1 aromatic heterocycles. The average molecular weight is 248 g/mol. The first-order valence-corrected chi connectivity index (χ1v) is 5.84. The lowest BCUT2D eigenvalue weighted by Gasteiger charge is -2.03. The number of hydrogen-bond donors (Lipinski definition) is 3. The molecule has 0 atom stereocenters. The number of nitrogens with two attached hydrogens (primary N) is 1. The number of nitrogens with one attached hydrogen (secondary N) is 1. The van der Waals surface area contributed by atoms with Gasteiger partial charge in [-0.2, -0.15) is 0 Å². The number of nitrogen functional groups attached to an aromatic ring is 1. The molecule has 2 aromatic rings. The first-order valence-electron chi connectivity index (χ1n) is 5.02. The minimum Gasteiger partial charge on any atom is -0.508 e. The molecule has 0 fully saturated rings. The van der Waals surface area contributed by atoms with Crippen LogP contribution in [0.2, 0.25) is 0 Å². The molecule has 0 bridgehead atoms. The molecule has 0 radical (unpaired) electrons. The van der Waals surface area contributed by atoms with Crippen LogP contribution in [-0.4, -0.2) is 11.0 Å². The maximum Gasteiger partial charge on any atom is 0.265 e. The van der Waals surface area contributed by atoms with E-state index in [1.165, 1.54) is 17.4 Å². The molecule has 0 spiro atoms. The number of aromatic hydroxyl groups is 1. The van der Waals surface area contributed by atoms with Crippen LogP contribution in [-0.2, 0) is 0 Å². The Morgan fingerprint density at radius 3 is 2.76 bits per heavy atom. The summed E-state index contributed by atoms with van der Waals surface area (Å²) in [6.07, 6.45) is 0. The summed E-state index contributed by atoms with van der Waals surface area (Å²) in [6, 6.07) is 8.06. The standard InChI is InChI=1S/C12H12N2O2S/c1-7-10(13)6-11(17-7)12(16)14-8-3-2-4-9(15)5-8/h2-6,15H,13H2,1H3,(H,14,16). The van der Waals surface area contributed by atoms with Gasteiger partial charge >= 0.3 is 0 Å². The Bertz CT molecular complexity index is 544. The molecule has 0 aliphatic carbocycles. The van der Waals surface area contributed by atoms with E-state index in [0.29, 0.717) is 16.3 Å². The lowest BCUT2D eigenvalue weighted by molar-refractivity contribution is 0.103. The summed E-state index contributed by atoms with van der Waals surface area (Å²) in [5, 5.41) is 12.0. The number of phenolic OH excluding ortho intramolecular Hbond substituents is 1. The van der Waals surface area contributed by atoms with E-state index in [1.54, 1.807) is 24.3 Å². The molecule has 0 saturated heterocycles. The molecular weight excluding hydrogens is 236 g/mol. The minimum atomic E-state index is -0.222. The van der Waals surface area contributed by atoms with Gasteiger partial charge in [0.25, 0.3) is 5.91 Å². The number of amides is 1. The molecule has 4 N–H and O–H groups in total. The molecule has 0 saturated carbocycles. The second kappa shape index (κ2) is 4.47. The third-order valence-electron chi connectivity index (χ3n) is 2.28. The Morgan fingerprint density at radius 2 is 2.18 bits per heavy atom. The zero-order chi connectivity index (χ0) is 12.4. The van der Waals surface area contributed by atoms with Gasteiger partial charge in [0.2, 0.25) is 0 Å². The molecule has 88 valence electrons. The number of aryl methyl sites for hydroxylation is 1. The quantitative estimate of drug-likeness (QED) is 0.764. The number of thiophene rings is 1. The molecule has 1 amide bonds. The van der Waals surface area contributed by atoms with Gasteiger partial charge in [0, 0.05) is 22.3 Å². The van der Waals surface area contributed by atoms with Crippen molar-refractivity contribution in [2.45, 2.75) is 6.92 Å². The molecule has 1 heterocycles. The number of benzene rings is 1. The van der Waals surface area contributed by atoms with Crippen molar-refractivity contribution in [3.05, 3.63) is 40.1 Å². The Morgan fingerprint density at radius 1 is 1.41 bits per heavy atom. The third-order valence-corrected chi connectivity index (χ3v) is 3.35. The molecule has 1 aromatic carbocycles. The van der Waals surface area contributed by atoms with E-state index in [0.717, 1.165) is 4.88 Å². The SMILES string of the molecule is Cc1sc(C(=O)Nc2cccc(O)c2)cc1N. The molecule has 0 aliphatic heterocycles. The second-order valence-corrected chi connectivity index (χ2v) is 4.88. The van der Waals surface area contributed by atoms with Crippen molar-refractivity contribution >= 4 is 28.6 Å². The third kappa shape index (κ3) is 2.57. The van der Waals surface area contributed by atoms with E-state index < -0.39 is 0 Å². The highest BCUT2D eigenvalue weighted by Gasteiger charge is 2.11. The fraction of sp³-hybridized carbons (Fsp3) is 0.0833. The number of phenols is 1. The monoisotopic (exact) mass is 248 g/mol. The first-order chi connectivity index (χ1) is 8.06. The number of rotatable bonds is 2. The molecule has 0 aliphatic rings. The van der Waals surface area contributed by atoms with Crippen LogP contribution in [0.1, 0.15) is 14.5 Å². The Hall–Kier alpha value is -2.01. The van der Waals surface area contributed by atoms with Gasteiger partial charge in [-0.1, -0.05) is 6.07 Å². The van der Waals surface area contributed by atoms with Gasteiger partial charge in [-0.05, 0) is 25.1 Å². The van der Waals surface area contributed by atoms with Crippen molar-refractivity contribution in [3.8, 4) is 5.75 Å². The van der Waals surface area contributed by atoms with Crippen molar-refractivity contribution < 1.29 is 9.90 Å². The molecule has 0 unspecified atom stereocenters. The Kier molecular flexibility index (Phi) is 3.01. The highest BCUT2D eigenvalue weighted by molar-refractivity contribution is 7.14. The molecule has 5 heteroatoms. The van der Waals surface area contributed by atoms with Crippen LogP contribution >= 0.6 is 11.3 Å². The highest BCUT2D eigenvalue weighted by atomic mass is 32.1. The maximum absolute atomic E-state index is 11.9. The Balaban J connectivity index is 2.17. The van der Waals surface area contributed by atoms with Crippen LogP contribution in [0.4, 0.5) is 11.4 Å². The van der Waals surface area contributed by atoms with Crippen LogP contribution in [0, 0.1) is 6.92 Å². The highest BCUT2D eigenvalue weighted by Crippen LogP contribution is 2.24. The number of carbonyl (C=O) groups is 1. The number of anilines is 2. The minimum absolute atomic E-state index is 0.115. The largest absolute Gasteiger partial charge is 0.508 e. The fourth-order valence-corrected chi connectivity index (χ4v) is 2.22. The van der Waals surface area contributed by atoms with E-state index in [9.17, 15) is 9.90 Å². The second-order valence-electron chi connectivity index (χ2n) is 3.63. The van der Waals surface area contributed by atoms with E-state index in [1.807, 2.05) is 6.92 Å². The van der Waals surface area contributed by atoms with Crippen LogP contribution in [0.3, 0.4) is 0 Å². The summed E-state index contributed by atoms with van der Waals surface area (Å²) >= 11 is 1.35. The molecular formula is C12H12N2O2S. The lowest BCUT2D eigenvalue weighted by atomic mass is 10.3. The zero-order valence-electron chi connectivity index (χ0n) is 9.23. The van der Waals surface area contributed by atoms with E-state index in [-0.39, 0.29) is 11.7 Å². The fourth-order valence-electron chi connectivity index (χ4n) is 1.38. The van der Waals surface area contributed by atoms with Gasteiger partial charge in [0.15, 0.2) is 0 Å². The normalized spacial score (nSPS) is 10.2. The topological polar surface area (TPSA) is 75.3 Å². The lowest BCUT2D eigenvalue weighted by Crippen LogP contribution is -2.09. The van der Waals surface area contributed by atoms with Gasteiger partial charge < -0.3 is 16.2 Å². The Labute approximate surface area is 103 Å². The van der Waals surface area contributed by atoms with Crippen molar-refractivity contribution in [2.24, 2.45) is 0 Å². The summed E-state index contributed by atoms with van der Waals surface area (Å²) in [6.45, 7) is 1.87. The van der Waals surface area contributed by atoms with Crippen LogP contribution in [0.15, 0.2) is 30.3 Å². The van der Waals surface area contributed by atoms with Crippen molar-refractivity contribution in [1.29, 1.82) is 0 Å². The van der Waals surface area contributed by atoms with Crippen LogP contribution in [0.5, 0.6) is 5.75 Å². The van der Waals surface area contributed by atoms with E-state index >= 15 is 0 Å². The van der Waals surface area contributed by atoms with Crippen LogP contribution in [0.25, 0.3) is 0 Å². The van der Waals surface area contributed by atoms with Crippen molar-refractivity contribution in [1.82, 2.24) is 0 Å². The van der Waals surface area contributed by atoms with Gasteiger partial charge in [-0.25, -0.2) is 0 Å². The summed E-state index contributed by atoms with van der Waals surface area (Å²) in [5.74, 6) is -0.106. The van der Waals surface area contributed by atoms with Gasteiger partial charge in [-0.15, -0.1) is 11.3 Å². The average Bonchev–Trinajstić information content (AvgIpc) is 2.59. The molecule has 17 heavy (non-hydrogen) atoms. The van der Waals surface area contributed by atoms with Gasteiger partial charge in [0.1, 0.15) is 5.75 Å². The first kappa shape index (κ1) is 11.5. The smallest absolute Gasteiger partial charge is 0.265 e. The van der Waals surface area contributed by atoms with Crippen molar-refractivity contribution in [3.63, 3.8) is 0 Å². The zero-order valence-corrected chi connectivity index (χ0v) is 10.0. The van der Waals surface area contributed by atoms with E-state index in [4.69, 9.17) is 5.73 Å². The van der Waals surface area contributed by atoms with E-state index in [2.05, 4.69) is 5.32 Å². The number of hydrogen-bond acceptors (Lipinski definition) is 4. The summed E-state index contributed by atoms with van der Waals surface area (Å²) in [5.41, 5.74) is 6.86. The molecule has 2 rings (SSSR count). The van der Waals surface area contributed by atoms with Crippen LogP contribution < -0.4 is 11.1 Å². The predicted molar refractivity (Wildman–Crippen MR) is 69.5 cm³/mol.